The van der Waals surface area contributed by atoms with Gasteiger partial charge in [-0.25, -0.2) is 4.98 Å². The molecule has 3 rings (SSSR count). The Labute approximate surface area is 327 Å². The molecule has 302 valence electrons. The van der Waals surface area contributed by atoms with Crippen LogP contribution in [0.25, 0.3) is 0 Å². The van der Waals surface area contributed by atoms with Gasteiger partial charge in [0.1, 0.15) is 11.0 Å². The van der Waals surface area contributed by atoms with Gasteiger partial charge in [-0.05, 0) is 64.6 Å². The normalized spacial score (nSPS) is 18.8. The van der Waals surface area contributed by atoms with Gasteiger partial charge in [-0.3, -0.25) is 24.1 Å². The third kappa shape index (κ3) is 11.1. The van der Waals surface area contributed by atoms with E-state index >= 15 is 0 Å². The van der Waals surface area contributed by atoms with Crippen LogP contribution in [0.4, 0.5) is 0 Å². The lowest BCUT2D eigenvalue weighted by molar-refractivity contribution is -0.148. The van der Waals surface area contributed by atoms with Gasteiger partial charge in [0.15, 0.2) is 0 Å². The summed E-state index contributed by atoms with van der Waals surface area (Å²) in [5.41, 5.74) is 0.272. The van der Waals surface area contributed by atoms with Gasteiger partial charge < -0.3 is 29.9 Å². The molecule has 1 aliphatic rings. The van der Waals surface area contributed by atoms with Crippen LogP contribution in [-0.4, -0.2) is 121 Å². The summed E-state index contributed by atoms with van der Waals surface area (Å²) < 4.78 is 12.1. The Hall–Kier alpha value is -3.39. The third-order valence-corrected chi connectivity index (χ3v) is 12.4. The molecule has 1 saturated heterocycles. The number of carbonyl (C=O) groups is 4. The molecule has 1 aromatic carbocycles. The molecular formula is C41H66N6O6S. The molecule has 0 bridgehead atoms. The van der Waals surface area contributed by atoms with Gasteiger partial charge in [-0.2, -0.15) is 0 Å². The van der Waals surface area contributed by atoms with Crippen LogP contribution in [0.5, 0.6) is 0 Å². The number of likely N-dealkylation sites (tertiary alicyclic amines) is 1. The molecule has 1 aromatic heterocycles. The minimum absolute atomic E-state index is 0.00934. The molecule has 2 aromatic rings. The summed E-state index contributed by atoms with van der Waals surface area (Å²) in [6.07, 6.45) is 3.48. The lowest BCUT2D eigenvalue weighted by Gasteiger charge is -2.41. The second-order valence-electron chi connectivity index (χ2n) is 15.9. The number of nitrogens with zero attached hydrogens (tertiary/aromatic N) is 4. The highest BCUT2D eigenvalue weighted by atomic mass is 32.1. The predicted molar refractivity (Wildman–Crippen MR) is 214 cm³/mol. The van der Waals surface area contributed by atoms with E-state index in [2.05, 4.69) is 29.5 Å². The molecule has 13 heteroatoms. The fourth-order valence-corrected chi connectivity index (χ4v) is 8.01. The van der Waals surface area contributed by atoms with E-state index in [9.17, 15) is 19.2 Å². The first kappa shape index (κ1) is 45.0. The summed E-state index contributed by atoms with van der Waals surface area (Å²) in [5, 5.41) is 8.98. The number of rotatable bonds is 20. The SMILES string of the molecule is CC[C@H](C)[C@@H]([C@@H](CC(=O)N1CCC[C@H]1[C@H](OC)[C@@H](C)C(=O)N[C@@H](Cc1ccccc1)c1nccs1)OC)N(C)C(=O)[C@@H](NC(=O)C(C)(C)N(C)C)C(C)C. The highest BCUT2D eigenvalue weighted by Crippen LogP contribution is 2.30. The number of ether oxygens (including phenoxy) is 2. The van der Waals surface area contributed by atoms with Crippen molar-refractivity contribution in [2.45, 2.75) is 122 Å². The zero-order chi connectivity index (χ0) is 40.3. The number of likely N-dealkylation sites (N-methyl/N-ethyl adjacent to an activating group) is 2. The monoisotopic (exact) mass is 770 g/mol. The number of hydrogen-bond acceptors (Lipinski definition) is 9. The summed E-state index contributed by atoms with van der Waals surface area (Å²) in [6.45, 7) is 14.0. The molecule has 1 fully saturated rings. The summed E-state index contributed by atoms with van der Waals surface area (Å²) in [6, 6.07) is 8.20. The van der Waals surface area contributed by atoms with E-state index < -0.39 is 35.7 Å². The van der Waals surface area contributed by atoms with Crippen molar-refractivity contribution < 1.29 is 28.7 Å². The Morgan fingerprint density at radius 3 is 2.22 bits per heavy atom. The van der Waals surface area contributed by atoms with Gasteiger partial charge in [0.05, 0.1) is 48.2 Å². The first-order valence-corrected chi connectivity index (χ1v) is 20.2. The van der Waals surface area contributed by atoms with Gasteiger partial charge in [-0.15, -0.1) is 11.3 Å². The van der Waals surface area contributed by atoms with Crippen molar-refractivity contribution in [3.8, 4) is 0 Å². The van der Waals surface area contributed by atoms with Crippen molar-refractivity contribution in [1.29, 1.82) is 0 Å². The Kier molecular flexibility index (Phi) is 17.1. The van der Waals surface area contributed by atoms with Crippen LogP contribution in [0.1, 0.15) is 90.8 Å². The smallest absolute Gasteiger partial charge is 0.245 e. The number of hydrogen-bond donors (Lipinski definition) is 2. The van der Waals surface area contributed by atoms with E-state index in [0.29, 0.717) is 19.4 Å². The summed E-state index contributed by atoms with van der Waals surface area (Å²) in [4.78, 5) is 65.5. The Balaban J connectivity index is 1.79. The number of thiazole rings is 1. The van der Waals surface area contributed by atoms with Crippen molar-refractivity contribution in [3.63, 3.8) is 0 Å². The Morgan fingerprint density at radius 2 is 1.69 bits per heavy atom. The van der Waals surface area contributed by atoms with Gasteiger partial charge in [0.25, 0.3) is 0 Å². The summed E-state index contributed by atoms with van der Waals surface area (Å²) >= 11 is 1.51. The van der Waals surface area contributed by atoms with E-state index in [0.717, 1.165) is 23.4 Å². The standard InChI is InChI=1S/C41H66N6O6S/c1-13-27(4)35(46(10)39(50)34(26(2)3)44-40(51)41(6,7)45(8)9)32(52-11)25-33(48)47-22-17-20-31(47)36(53-12)28(5)37(49)43-30(38-42-21-23-54-38)24-29-18-15-14-16-19-29/h14-16,18-19,21,23,26-28,30-32,34-36H,13,17,20,22,24-25H2,1-12H3,(H,43,49)(H,44,51)/t27-,28+,30-,31-,32+,34-,35-,36+/m0/s1. The van der Waals surface area contributed by atoms with Crippen molar-refractivity contribution in [2.75, 3.05) is 41.9 Å². The van der Waals surface area contributed by atoms with Crippen LogP contribution in [0.3, 0.4) is 0 Å². The molecule has 0 unspecified atom stereocenters. The van der Waals surface area contributed by atoms with Crippen molar-refractivity contribution in [2.24, 2.45) is 17.8 Å². The quantitative estimate of drug-likeness (QED) is 0.194. The lowest BCUT2D eigenvalue weighted by Crippen LogP contribution is -2.61. The molecule has 54 heavy (non-hydrogen) atoms. The molecule has 0 spiro atoms. The first-order valence-electron chi connectivity index (χ1n) is 19.3. The maximum atomic E-state index is 14.3. The number of nitrogens with one attached hydrogen (secondary N) is 2. The first-order chi connectivity index (χ1) is 25.5. The molecule has 0 saturated carbocycles. The van der Waals surface area contributed by atoms with Crippen LogP contribution in [0, 0.1) is 17.8 Å². The predicted octanol–water partition coefficient (Wildman–Crippen LogP) is 4.94. The number of amides is 4. The second kappa shape index (κ2) is 20.5. The number of benzene rings is 1. The number of aromatic nitrogens is 1. The van der Waals surface area contributed by atoms with E-state index in [4.69, 9.17) is 9.47 Å². The molecule has 8 atom stereocenters. The fourth-order valence-electron chi connectivity index (χ4n) is 7.32. The number of methoxy groups -OCH3 is 2. The minimum Gasteiger partial charge on any atom is -0.379 e. The summed E-state index contributed by atoms with van der Waals surface area (Å²) in [5.74, 6) is -1.48. The molecule has 12 nitrogen and oxygen atoms in total. The van der Waals surface area contributed by atoms with Crippen molar-refractivity contribution in [3.05, 3.63) is 52.5 Å². The minimum atomic E-state index is -0.820. The zero-order valence-corrected chi connectivity index (χ0v) is 35.4. The second-order valence-corrected chi connectivity index (χ2v) is 16.8. The largest absolute Gasteiger partial charge is 0.379 e. The summed E-state index contributed by atoms with van der Waals surface area (Å²) in [7, 11) is 8.58. The molecule has 0 aliphatic carbocycles. The third-order valence-electron chi connectivity index (χ3n) is 11.5. The maximum Gasteiger partial charge on any atom is 0.245 e. The molecule has 0 radical (unpaired) electrons. The van der Waals surface area contributed by atoms with Gasteiger partial charge in [0.2, 0.25) is 23.6 Å². The highest BCUT2D eigenvalue weighted by Gasteiger charge is 2.43. The van der Waals surface area contributed by atoms with Crippen LogP contribution in [-0.2, 0) is 35.1 Å². The van der Waals surface area contributed by atoms with E-state index in [-0.39, 0.29) is 54.0 Å². The topological polar surface area (TPSA) is 133 Å². The molecule has 4 amide bonds. The van der Waals surface area contributed by atoms with Crippen molar-refractivity contribution >= 4 is 35.0 Å². The molecule has 2 N–H and O–H groups in total. The number of carbonyl (C=O) groups excluding carboxylic acids is 4. The van der Waals surface area contributed by atoms with E-state index in [1.54, 1.807) is 32.4 Å². The van der Waals surface area contributed by atoms with Gasteiger partial charge in [-0.1, -0.05) is 71.4 Å². The average molecular weight is 771 g/mol. The zero-order valence-electron chi connectivity index (χ0n) is 34.6. The molecular weight excluding hydrogens is 705 g/mol. The van der Waals surface area contributed by atoms with Crippen LogP contribution < -0.4 is 10.6 Å². The van der Waals surface area contributed by atoms with E-state index in [1.165, 1.54) is 11.3 Å². The van der Waals surface area contributed by atoms with Gasteiger partial charge >= 0.3 is 0 Å². The molecule has 1 aliphatic heterocycles. The van der Waals surface area contributed by atoms with E-state index in [1.807, 2.05) is 94.2 Å². The Bertz CT molecular complexity index is 1490. The van der Waals surface area contributed by atoms with Gasteiger partial charge in [0, 0.05) is 39.4 Å². The lowest BCUT2D eigenvalue weighted by atomic mass is 9.89. The highest BCUT2D eigenvalue weighted by molar-refractivity contribution is 7.09. The molecule has 2 heterocycles. The van der Waals surface area contributed by atoms with Crippen LogP contribution >= 0.6 is 11.3 Å². The Morgan fingerprint density at radius 1 is 1.02 bits per heavy atom. The van der Waals surface area contributed by atoms with Crippen LogP contribution in [0.2, 0.25) is 0 Å². The van der Waals surface area contributed by atoms with Crippen molar-refractivity contribution in [1.82, 2.24) is 30.3 Å². The van der Waals surface area contributed by atoms with Crippen LogP contribution in [0.15, 0.2) is 41.9 Å². The fraction of sp³-hybridized carbons (Fsp3) is 0.683. The maximum absolute atomic E-state index is 14.3. The average Bonchev–Trinajstić information content (AvgIpc) is 3.87.